The molecule has 0 aromatic carbocycles. The van der Waals surface area contributed by atoms with Crippen LogP contribution in [0.5, 0.6) is 0 Å². The molecular weight excluding hydrogens is 302 g/mol. The van der Waals surface area contributed by atoms with Crippen molar-refractivity contribution in [1.82, 2.24) is 9.62 Å². The molecule has 0 bridgehead atoms. The van der Waals surface area contributed by atoms with Crippen LogP contribution in [0, 0.1) is 5.92 Å². The smallest absolute Gasteiger partial charge is 0.224 e. The zero-order valence-electron chi connectivity index (χ0n) is 12.0. The molecule has 1 amide bonds. The van der Waals surface area contributed by atoms with Gasteiger partial charge in [-0.05, 0) is 19.3 Å². The molecule has 0 saturated carbocycles. The zero-order chi connectivity index (χ0) is 14.3. The summed E-state index contributed by atoms with van der Waals surface area (Å²) >= 11 is 0. The molecule has 8 heteroatoms. The Balaban J connectivity index is 0.00000361. The summed E-state index contributed by atoms with van der Waals surface area (Å²) in [6, 6.07) is 0. The van der Waals surface area contributed by atoms with Gasteiger partial charge in [-0.15, -0.1) is 12.4 Å². The van der Waals surface area contributed by atoms with Crippen molar-refractivity contribution >= 4 is 28.3 Å². The second kappa shape index (κ2) is 9.55. The molecule has 20 heavy (non-hydrogen) atoms. The predicted octanol–water partition coefficient (Wildman–Crippen LogP) is 0.325. The van der Waals surface area contributed by atoms with Gasteiger partial charge in [-0.25, -0.2) is 12.7 Å². The van der Waals surface area contributed by atoms with Crippen LogP contribution < -0.4 is 11.1 Å². The van der Waals surface area contributed by atoms with Gasteiger partial charge < -0.3 is 11.1 Å². The zero-order valence-corrected chi connectivity index (χ0v) is 13.6. The molecule has 1 atom stereocenters. The second-order valence-corrected chi connectivity index (χ2v) is 7.03. The van der Waals surface area contributed by atoms with Gasteiger partial charge in [0.25, 0.3) is 0 Å². The lowest BCUT2D eigenvalue weighted by Crippen LogP contribution is -2.46. The molecule has 1 saturated heterocycles. The van der Waals surface area contributed by atoms with E-state index in [1.54, 1.807) is 0 Å². The third-order valence-electron chi connectivity index (χ3n) is 3.35. The number of unbranched alkanes of at least 4 members (excludes halogenated alkanes) is 1. The van der Waals surface area contributed by atoms with Gasteiger partial charge in [0.05, 0.1) is 11.7 Å². The summed E-state index contributed by atoms with van der Waals surface area (Å²) in [6.45, 7) is 3.65. The number of nitrogens with zero attached hydrogens (tertiary/aromatic N) is 1. The lowest BCUT2D eigenvalue weighted by Gasteiger charge is -2.31. The SMILES string of the molecule is CCCCS(=O)(=O)N1CCCC(C(=O)NCCN)C1.Cl. The third kappa shape index (κ3) is 5.95. The number of sulfonamides is 1. The van der Waals surface area contributed by atoms with Gasteiger partial charge in [-0.1, -0.05) is 13.3 Å². The molecule has 120 valence electrons. The molecule has 0 spiro atoms. The van der Waals surface area contributed by atoms with E-state index in [9.17, 15) is 13.2 Å². The van der Waals surface area contributed by atoms with Crippen LogP contribution in [0.1, 0.15) is 32.6 Å². The fourth-order valence-corrected chi connectivity index (χ4v) is 3.93. The molecule has 0 aromatic rings. The molecule has 1 aliphatic heterocycles. The first-order chi connectivity index (χ1) is 9.01. The Morgan fingerprint density at radius 2 is 2.15 bits per heavy atom. The minimum absolute atomic E-state index is 0. The van der Waals surface area contributed by atoms with Crippen LogP contribution in [0.15, 0.2) is 0 Å². The normalized spacial score (nSPS) is 20.2. The standard InChI is InChI=1S/C12H25N3O3S.ClH/c1-2-3-9-19(17,18)15-8-4-5-11(10-15)12(16)14-7-6-13;/h11H,2-10,13H2,1H3,(H,14,16);1H. The highest BCUT2D eigenvalue weighted by molar-refractivity contribution is 7.89. The van der Waals surface area contributed by atoms with Crippen LogP contribution in [0.4, 0.5) is 0 Å². The van der Waals surface area contributed by atoms with Gasteiger partial charge >= 0.3 is 0 Å². The summed E-state index contributed by atoms with van der Waals surface area (Å²) < 4.78 is 25.7. The van der Waals surface area contributed by atoms with Crippen molar-refractivity contribution in [2.45, 2.75) is 32.6 Å². The van der Waals surface area contributed by atoms with Crippen molar-refractivity contribution in [2.75, 3.05) is 31.9 Å². The summed E-state index contributed by atoms with van der Waals surface area (Å²) in [7, 11) is -3.20. The van der Waals surface area contributed by atoms with Gasteiger partial charge in [-0.3, -0.25) is 4.79 Å². The summed E-state index contributed by atoms with van der Waals surface area (Å²) in [6.07, 6.45) is 3.01. The molecule has 1 unspecified atom stereocenters. The fourth-order valence-electron chi connectivity index (χ4n) is 2.20. The lowest BCUT2D eigenvalue weighted by atomic mass is 9.99. The maximum atomic E-state index is 12.1. The minimum Gasteiger partial charge on any atom is -0.355 e. The second-order valence-electron chi connectivity index (χ2n) is 4.95. The summed E-state index contributed by atoms with van der Waals surface area (Å²) in [4.78, 5) is 11.9. The van der Waals surface area contributed by atoms with Crippen LogP contribution in [-0.4, -0.2) is 50.6 Å². The van der Waals surface area contributed by atoms with Crippen LogP contribution in [-0.2, 0) is 14.8 Å². The van der Waals surface area contributed by atoms with Crippen molar-refractivity contribution in [3.8, 4) is 0 Å². The van der Waals surface area contributed by atoms with Crippen LogP contribution in [0.3, 0.4) is 0 Å². The largest absolute Gasteiger partial charge is 0.355 e. The van der Waals surface area contributed by atoms with Gasteiger partial charge in [0.2, 0.25) is 15.9 Å². The number of carbonyl (C=O) groups excluding carboxylic acids is 1. The van der Waals surface area contributed by atoms with E-state index < -0.39 is 10.0 Å². The highest BCUT2D eigenvalue weighted by Gasteiger charge is 2.31. The first-order valence-corrected chi connectivity index (χ1v) is 8.57. The Labute approximate surface area is 127 Å². The van der Waals surface area contributed by atoms with Crippen molar-refractivity contribution in [1.29, 1.82) is 0 Å². The van der Waals surface area contributed by atoms with E-state index in [0.717, 1.165) is 19.3 Å². The van der Waals surface area contributed by atoms with Gasteiger partial charge in [0.15, 0.2) is 0 Å². The molecule has 0 aliphatic carbocycles. The van der Waals surface area contributed by atoms with Gasteiger partial charge in [-0.2, -0.15) is 0 Å². The number of piperidine rings is 1. The number of carbonyl (C=O) groups is 1. The average molecular weight is 328 g/mol. The molecule has 3 N–H and O–H groups in total. The van der Waals surface area contributed by atoms with E-state index in [-0.39, 0.29) is 30.0 Å². The highest BCUT2D eigenvalue weighted by atomic mass is 35.5. The monoisotopic (exact) mass is 327 g/mol. The number of hydrogen-bond donors (Lipinski definition) is 2. The molecule has 1 heterocycles. The first kappa shape index (κ1) is 19.6. The van der Waals surface area contributed by atoms with Crippen LogP contribution in [0.25, 0.3) is 0 Å². The van der Waals surface area contributed by atoms with E-state index in [2.05, 4.69) is 5.32 Å². The number of rotatable bonds is 7. The Morgan fingerprint density at radius 3 is 2.75 bits per heavy atom. The highest BCUT2D eigenvalue weighted by Crippen LogP contribution is 2.20. The maximum Gasteiger partial charge on any atom is 0.224 e. The van der Waals surface area contributed by atoms with Crippen molar-refractivity contribution < 1.29 is 13.2 Å². The molecule has 1 aliphatic rings. The number of amides is 1. The van der Waals surface area contributed by atoms with Crippen LogP contribution in [0.2, 0.25) is 0 Å². The number of halogens is 1. The summed E-state index contributed by atoms with van der Waals surface area (Å²) in [5.74, 6) is -0.141. The molecule has 1 fully saturated rings. The maximum absolute atomic E-state index is 12.1. The quantitative estimate of drug-likeness (QED) is 0.704. The third-order valence-corrected chi connectivity index (χ3v) is 5.27. The summed E-state index contributed by atoms with van der Waals surface area (Å²) in [5.41, 5.74) is 5.34. The van der Waals surface area contributed by atoms with Crippen molar-refractivity contribution in [3.63, 3.8) is 0 Å². The number of hydrogen-bond acceptors (Lipinski definition) is 4. The Hall–Kier alpha value is -0.370. The van der Waals surface area contributed by atoms with E-state index in [1.165, 1.54) is 4.31 Å². The number of nitrogens with two attached hydrogens (primary N) is 1. The predicted molar refractivity (Wildman–Crippen MR) is 82.3 cm³/mol. The first-order valence-electron chi connectivity index (χ1n) is 6.97. The van der Waals surface area contributed by atoms with Crippen LogP contribution >= 0.6 is 12.4 Å². The Kier molecular flexibility index (Phi) is 9.37. The minimum atomic E-state index is -3.20. The average Bonchev–Trinajstić information content (AvgIpc) is 2.42. The molecular formula is C12H26ClN3O3S. The van der Waals surface area contributed by atoms with E-state index in [1.807, 2.05) is 6.92 Å². The van der Waals surface area contributed by atoms with E-state index in [4.69, 9.17) is 5.73 Å². The molecule has 6 nitrogen and oxygen atoms in total. The van der Waals surface area contributed by atoms with Crippen molar-refractivity contribution in [2.24, 2.45) is 11.7 Å². The van der Waals surface area contributed by atoms with E-state index in [0.29, 0.717) is 32.6 Å². The molecule has 0 aromatic heterocycles. The number of nitrogens with one attached hydrogen (secondary N) is 1. The van der Waals surface area contributed by atoms with Gasteiger partial charge in [0.1, 0.15) is 0 Å². The molecule has 0 radical (unpaired) electrons. The van der Waals surface area contributed by atoms with Crippen molar-refractivity contribution in [3.05, 3.63) is 0 Å². The molecule has 1 rings (SSSR count). The summed E-state index contributed by atoms with van der Waals surface area (Å²) in [5, 5.41) is 2.73. The Morgan fingerprint density at radius 1 is 1.45 bits per heavy atom. The van der Waals surface area contributed by atoms with E-state index >= 15 is 0 Å². The lowest BCUT2D eigenvalue weighted by molar-refractivity contribution is -0.126. The fraction of sp³-hybridized carbons (Fsp3) is 0.917. The Bertz CT molecular complexity index is 389. The van der Waals surface area contributed by atoms with Gasteiger partial charge in [0, 0.05) is 26.2 Å². The topological polar surface area (TPSA) is 92.5 Å².